The summed E-state index contributed by atoms with van der Waals surface area (Å²) in [5, 5.41) is 9.59. The smallest absolute Gasteiger partial charge is 0.263 e. The quantitative estimate of drug-likeness (QED) is 0.753. The van der Waals surface area contributed by atoms with Crippen molar-refractivity contribution in [2.75, 3.05) is 33.9 Å². The minimum Gasteiger partial charge on any atom is -0.389 e. The highest BCUT2D eigenvalue weighted by molar-refractivity contribution is 7.14. The second-order valence-electron chi connectivity index (χ2n) is 3.96. The molecule has 104 valence electrons. The van der Waals surface area contributed by atoms with Crippen molar-refractivity contribution in [2.24, 2.45) is 5.73 Å². The van der Waals surface area contributed by atoms with Crippen molar-refractivity contribution in [3.05, 3.63) is 21.9 Å². The SMILES string of the molecule is COCC(O)CN(C)C(=O)c1ccc(C#CCN)s1. The summed E-state index contributed by atoms with van der Waals surface area (Å²) < 4.78 is 4.82. The van der Waals surface area contributed by atoms with Gasteiger partial charge in [0.05, 0.1) is 29.0 Å². The molecule has 0 aliphatic rings. The van der Waals surface area contributed by atoms with E-state index in [1.54, 1.807) is 19.2 Å². The zero-order chi connectivity index (χ0) is 14.3. The molecule has 1 heterocycles. The van der Waals surface area contributed by atoms with Crippen molar-refractivity contribution in [1.82, 2.24) is 4.90 Å². The molecule has 1 atom stereocenters. The van der Waals surface area contributed by atoms with Crippen molar-refractivity contribution >= 4 is 17.2 Å². The first-order valence-electron chi connectivity index (χ1n) is 5.79. The van der Waals surface area contributed by atoms with Crippen molar-refractivity contribution in [3.63, 3.8) is 0 Å². The molecule has 1 unspecified atom stereocenters. The van der Waals surface area contributed by atoms with E-state index in [-0.39, 0.29) is 19.1 Å². The molecule has 19 heavy (non-hydrogen) atoms. The molecule has 0 aromatic carbocycles. The van der Waals surface area contributed by atoms with Gasteiger partial charge in [-0.25, -0.2) is 0 Å². The van der Waals surface area contributed by atoms with Gasteiger partial charge in [0, 0.05) is 20.7 Å². The second kappa shape index (κ2) is 7.92. The van der Waals surface area contributed by atoms with Crippen LogP contribution in [0, 0.1) is 11.8 Å². The van der Waals surface area contributed by atoms with Gasteiger partial charge in [-0.3, -0.25) is 4.79 Å². The molecule has 0 spiro atoms. The van der Waals surface area contributed by atoms with Crippen LogP contribution in [0.5, 0.6) is 0 Å². The first-order chi connectivity index (χ1) is 9.08. The van der Waals surface area contributed by atoms with Gasteiger partial charge in [0.25, 0.3) is 5.91 Å². The van der Waals surface area contributed by atoms with E-state index in [9.17, 15) is 9.90 Å². The Balaban J connectivity index is 2.64. The van der Waals surface area contributed by atoms with E-state index in [0.29, 0.717) is 11.4 Å². The predicted molar refractivity (Wildman–Crippen MR) is 75.1 cm³/mol. The molecular weight excluding hydrogens is 264 g/mol. The van der Waals surface area contributed by atoms with Crippen LogP contribution in [0.15, 0.2) is 12.1 Å². The van der Waals surface area contributed by atoms with Gasteiger partial charge in [-0.05, 0) is 12.1 Å². The molecule has 0 aliphatic heterocycles. The molecular formula is C13H18N2O3S. The lowest BCUT2D eigenvalue weighted by Gasteiger charge is -2.19. The van der Waals surface area contributed by atoms with E-state index in [1.165, 1.54) is 23.3 Å². The third-order valence-electron chi connectivity index (χ3n) is 2.32. The predicted octanol–water partition coefficient (Wildman–Crippen LogP) is 0.138. The first kappa shape index (κ1) is 15.7. The maximum Gasteiger partial charge on any atom is 0.263 e. The van der Waals surface area contributed by atoms with Crippen LogP contribution in [-0.4, -0.2) is 55.9 Å². The summed E-state index contributed by atoms with van der Waals surface area (Å²) >= 11 is 1.32. The maximum atomic E-state index is 12.1. The molecule has 0 fully saturated rings. The molecule has 1 aromatic rings. The monoisotopic (exact) mass is 282 g/mol. The number of hydrogen-bond acceptors (Lipinski definition) is 5. The van der Waals surface area contributed by atoms with Crippen molar-refractivity contribution in [3.8, 4) is 11.8 Å². The lowest BCUT2D eigenvalue weighted by molar-refractivity contribution is 0.0382. The molecule has 1 aromatic heterocycles. The zero-order valence-corrected chi connectivity index (χ0v) is 11.9. The molecule has 5 nitrogen and oxygen atoms in total. The number of rotatable bonds is 5. The average Bonchev–Trinajstić information content (AvgIpc) is 2.84. The Morgan fingerprint density at radius 3 is 3.00 bits per heavy atom. The third-order valence-corrected chi connectivity index (χ3v) is 3.31. The van der Waals surface area contributed by atoms with Crippen molar-refractivity contribution in [2.45, 2.75) is 6.10 Å². The number of aliphatic hydroxyl groups is 1. The number of ether oxygens (including phenoxy) is 1. The fourth-order valence-corrected chi connectivity index (χ4v) is 2.37. The fourth-order valence-electron chi connectivity index (χ4n) is 1.49. The number of carbonyl (C=O) groups excluding carboxylic acids is 1. The van der Waals surface area contributed by atoms with Gasteiger partial charge >= 0.3 is 0 Å². The fraction of sp³-hybridized carbons (Fsp3) is 0.462. The molecule has 0 saturated carbocycles. The highest BCUT2D eigenvalue weighted by Gasteiger charge is 2.16. The topological polar surface area (TPSA) is 75.8 Å². The van der Waals surface area contributed by atoms with Gasteiger partial charge in [-0.15, -0.1) is 11.3 Å². The van der Waals surface area contributed by atoms with E-state index in [1.807, 2.05) is 0 Å². The summed E-state index contributed by atoms with van der Waals surface area (Å²) in [5.74, 6) is 5.49. The van der Waals surface area contributed by atoms with Crippen LogP contribution < -0.4 is 5.73 Å². The van der Waals surface area contributed by atoms with Crippen molar-refractivity contribution in [1.29, 1.82) is 0 Å². The Morgan fingerprint density at radius 1 is 1.63 bits per heavy atom. The van der Waals surface area contributed by atoms with Crippen LogP contribution in [-0.2, 0) is 4.74 Å². The van der Waals surface area contributed by atoms with Crippen LogP contribution in [0.1, 0.15) is 14.5 Å². The second-order valence-corrected chi connectivity index (χ2v) is 5.05. The first-order valence-corrected chi connectivity index (χ1v) is 6.61. The highest BCUT2D eigenvalue weighted by atomic mass is 32.1. The normalized spacial score (nSPS) is 11.6. The van der Waals surface area contributed by atoms with Gasteiger partial charge in [-0.2, -0.15) is 0 Å². The Labute approximate surface area is 117 Å². The van der Waals surface area contributed by atoms with Gasteiger partial charge in [0.15, 0.2) is 0 Å². The Bertz CT molecular complexity index is 476. The summed E-state index contributed by atoms with van der Waals surface area (Å²) in [6, 6.07) is 3.52. The molecule has 0 bridgehead atoms. The van der Waals surface area contributed by atoms with Gasteiger partial charge in [0.2, 0.25) is 0 Å². The zero-order valence-electron chi connectivity index (χ0n) is 11.0. The van der Waals surface area contributed by atoms with E-state index >= 15 is 0 Å². The molecule has 1 rings (SSSR count). The maximum absolute atomic E-state index is 12.1. The summed E-state index contributed by atoms with van der Waals surface area (Å²) in [6.45, 7) is 0.730. The standard InChI is InChI=1S/C13H18N2O3S/c1-15(8-10(16)9-18-2)13(17)12-6-5-11(19-12)4-3-7-14/h5-6,10,16H,7-9,14H2,1-2H3. The van der Waals surface area contributed by atoms with E-state index < -0.39 is 6.10 Å². The van der Waals surface area contributed by atoms with Crippen LogP contribution >= 0.6 is 11.3 Å². The van der Waals surface area contributed by atoms with E-state index in [2.05, 4.69) is 11.8 Å². The minimum atomic E-state index is -0.685. The number of aliphatic hydroxyl groups excluding tert-OH is 1. The Hall–Kier alpha value is -1.39. The van der Waals surface area contributed by atoms with E-state index in [4.69, 9.17) is 10.5 Å². The summed E-state index contributed by atoms with van der Waals surface area (Å²) in [4.78, 5) is 14.9. The summed E-state index contributed by atoms with van der Waals surface area (Å²) in [5.41, 5.74) is 5.29. The number of methoxy groups -OCH3 is 1. The lowest BCUT2D eigenvalue weighted by atomic mass is 10.3. The minimum absolute atomic E-state index is 0.138. The average molecular weight is 282 g/mol. The van der Waals surface area contributed by atoms with Gasteiger partial charge < -0.3 is 20.5 Å². The Kier molecular flexibility index (Phi) is 6.53. The van der Waals surface area contributed by atoms with Gasteiger partial charge in [-0.1, -0.05) is 11.8 Å². The number of carbonyl (C=O) groups is 1. The number of amides is 1. The lowest BCUT2D eigenvalue weighted by Crippen LogP contribution is -2.35. The molecule has 1 amide bonds. The molecule has 0 aliphatic carbocycles. The third kappa shape index (κ3) is 5.01. The molecule has 0 radical (unpaired) electrons. The molecule has 6 heteroatoms. The summed E-state index contributed by atoms with van der Waals surface area (Å²) in [6.07, 6.45) is -0.685. The summed E-state index contributed by atoms with van der Waals surface area (Å²) in [7, 11) is 3.15. The highest BCUT2D eigenvalue weighted by Crippen LogP contribution is 2.17. The van der Waals surface area contributed by atoms with Crippen LogP contribution in [0.3, 0.4) is 0 Å². The number of thiophene rings is 1. The number of nitrogens with two attached hydrogens (primary N) is 1. The van der Waals surface area contributed by atoms with Crippen molar-refractivity contribution < 1.29 is 14.6 Å². The Morgan fingerprint density at radius 2 is 2.37 bits per heavy atom. The number of nitrogens with zero attached hydrogens (tertiary/aromatic N) is 1. The van der Waals surface area contributed by atoms with Crippen LogP contribution in [0.25, 0.3) is 0 Å². The molecule has 3 N–H and O–H groups in total. The van der Waals surface area contributed by atoms with Crippen LogP contribution in [0.2, 0.25) is 0 Å². The number of hydrogen-bond donors (Lipinski definition) is 2. The number of likely N-dealkylation sites (N-methyl/N-ethyl adjacent to an activating group) is 1. The van der Waals surface area contributed by atoms with Gasteiger partial charge in [0.1, 0.15) is 0 Å². The largest absolute Gasteiger partial charge is 0.389 e. The molecule has 0 saturated heterocycles. The van der Waals surface area contributed by atoms with E-state index in [0.717, 1.165) is 4.88 Å². The van der Waals surface area contributed by atoms with Crippen LogP contribution in [0.4, 0.5) is 0 Å².